The Labute approximate surface area is 210 Å². The third kappa shape index (κ3) is 4.77. The molecular formula is C30H29NO5. The van der Waals surface area contributed by atoms with Crippen molar-refractivity contribution < 1.29 is 18.7 Å². The van der Waals surface area contributed by atoms with E-state index in [1.165, 1.54) is 0 Å². The third-order valence-corrected chi connectivity index (χ3v) is 6.31. The molecule has 0 N–H and O–H groups in total. The fraction of sp³-hybridized carbons (Fsp3) is 0.267. The Kier molecular flexibility index (Phi) is 6.87. The van der Waals surface area contributed by atoms with E-state index in [1.54, 1.807) is 29.2 Å². The number of amides is 1. The molecule has 1 aliphatic heterocycles. The van der Waals surface area contributed by atoms with Crippen LogP contribution in [0.25, 0.3) is 11.0 Å². The molecule has 0 bridgehead atoms. The number of fused-ring (bicyclic) bond motifs is 2. The molecule has 0 radical (unpaired) electrons. The lowest BCUT2D eigenvalue weighted by Crippen LogP contribution is -2.31. The smallest absolute Gasteiger partial charge is 0.290 e. The summed E-state index contributed by atoms with van der Waals surface area (Å²) in [5.74, 6) is 0.569. The van der Waals surface area contributed by atoms with Crippen LogP contribution in [0.2, 0.25) is 0 Å². The number of hydrogen-bond donors (Lipinski definition) is 0. The average molecular weight is 484 g/mol. The molecule has 0 saturated carbocycles. The molecule has 1 amide bonds. The monoisotopic (exact) mass is 483 g/mol. The maximum absolute atomic E-state index is 13.6. The van der Waals surface area contributed by atoms with Gasteiger partial charge in [-0.1, -0.05) is 54.6 Å². The van der Waals surface area contributed by atoms with Crippen LogP contribution in [0.15, 0.2) is 88.1 Å². The SMILES string of the molecule is CC(C)OCCCN1C(=O)c2oc3ccccc3c(=O)c2[C@@H]1c1ccc(OCc2ccccc2)cc1. The quantitative estimate of drug-likeness (QED) is 0.284. The van der Waals surface area contributed by atoms with E-state index in [1.807, 2.05) is 68.4 Å². The second kappa shape index (κ2) is 10.4. The summed E-state index contributed by atoms with van der Waals surface area (Å²) >= 11 is 0. The van der Waals surface area contributed by atoms with Gasteiger partial charge in [0.2, 0.25) is 5.76 Å². The molecule has 36 heavy (non-hydrogen) atoms. The Morgan fingerprint density at radius 3 is 2.39 bits per heavy atom. The molecule has 0 saturated heterocycles. The standard InChI is InChI=1S/C30H29NO5/c1-20(2)34-18-8-17-31-27(22-13-15-23(16-14-22)35-19-21-9-4-3-5-10-21)26-28(32)24-11-6-7-12-25(24)36-29(26)30(31)33/h3-7,9-16,20,27H,8,17-19H2,1-2H3/t27-/m0/s1. The number of ether oxygens (including phenoxy) is 2. The number of hydrogen-bond acceptors (Lipinski definition) is 5. The first kappa shape index (κ1) is 23.8. The predicted molar refractivity (Wildman–Crippen MR) is 138 cm³/mol. The van der Waals surface area contributed by atoms with Gasteiger partial charge in [-0.2, -0.15) is 0 Å². The molecule has 0 unspecified atom stereocenters. The molecule has 2 heterocycles. The molecule has 184 valence electrons. The minimum absolute atomic E-state index is 0.115. The van der Waals surface area contributed by atoms with Crippen molar-refractivity contribution in [3.63, 3.8) is 0 Å². The fourth-order valence-electron chi connectivity index (χ4n) is 4.59. The van der Waals surface area contributed by atoms with E-state index in [0.29, 0.717) is 42.7 Å². The van der Waals surface area contributed by atoms with Gasteiger partial charge in [0.25, 0.3) is 5.91 Å². The summed E-state index contributed by atoms with van der Waals surface area (Å²) in [4.78, 5) is 28.7. The first-order valence-electron chi connectivity index (χ1n) is 12.3. The summed E-state index contributed by atoms with van der Waals surface area (Å²) in [7, 11) is 0. The largest absolute Gasteiger partial charge is 0.489 e. The highest BCUT2D eigenvalue weighted by Gasteiger charge is 2.42. The lowest BCUT2D eigenvalue weighted by molar-refractivity contribution is 0.0593. The van der Waals surface area contributed by atoms with Gasteiger partial charge in [-0.3, -0.25) is 9.59 Å². The minimum atomic E-state index is -0.532. The lowest BCUT2D eigenvalue weighted by atomic mass is 9.98. The Morgan fingerprint density at radius 2 is 1.64 bits per heavy atom. The van der Waals surface area contributed by atoms with Crippen LogP contribution in [0, 0.1) is 0 Å². The summed E-state index contributed by atoms with van der Waals surface area (Å²) in [5.41, 5.74) is 2.55. The lowest BCUT2D eigenvalue weighted by Gasteiger charge is -2.25. The van der Waals surface area contributed by atoms with Crippen molar-refractivity contribution in [2.45, 2.75) is 39.0 Å². The van der Waals surface area contributed by atoms with Crippen molar-refractivity contribution in [2.75, 3.05) is 13.2 Å². The summed E-state index contributed by atoms with van der Waals surface area (Å²) in [6.45, 7) is 5.40. The van der Waals surface area contributed by atoms with Crippen LogP contribution in [-0.2, 0) is 11.3 Å². The van der Waals surface area contributed by atoms with Gasteiger partial charge in [-0.25, -0.2) is 0 Å². The third-order valence-electron chi connectivity index (χ3n) is 6.31. The first-order valence-corrected chi connectivity index (χ1v) is 12.3. The van der Waals surface area contributed by atoms with E-state index >= 15 is 0 Å². The van der Waals surface area contributed by atoms with E-state index in [-0.39, 0.29) is 23.2 Å². The molecule has 5 rings (SSSR count). The number of nitrogens with zero attached hydrogens (tertiary/aromatic N) is 1. The molecule has 3 aromatic carbocycles. The molecule has 0 spiro atoms. The van der Waals surface area contributed by atoms with E-state index < -0.39 is 6.04 Å². The molecule has 1 aliphatic rings. The Bertz CT molecular complexity index is 1410. The summed E-state index contributed by atoms with van der Waals surface area (Å²) in [6.07, 6.45) is 0.768. The maximum atomic E-state index is 13.6. The summed E-state index contributed by atoms with van der Waals surface area (Å²) < 4.78 is 17.6. The molecule has 6 heteroatoms. The second-order valence-electron chi connectivity index (χ2n) is 9.19. The summed E-state index contributed by atoms with van der Waals surface area (Å²) in [5, 5.41) is 0.474. The van der Waals surface area contributed by atoms with Crippen molar-refractivity contribution in [3.05, 3.63) is 112 Å². The highest BCUT2D eigenvalue weighted by Crippen LogP contribution is 2.38. The van der Waals surface area contributed by atoms with E-state index in [4.69, 9.17) is 13.9 Å². The molecule has 6 nitrogen and oxygen atoms in total. The predicted octanol–water partition coefficient (Wildman–Crippen LogP) is 5.73. The Balaban J connectivity index is 1.46. The number of rotatable bonds is 9. The Morgan fingerprint density at radius 1 is 0.917 bits per heavy atom. The van der Waals surface area contributed by atoms with Crippen molar-refractivity contribution >= 4 is 16.9 Å². The number of carbonyl (C=O) groups excluding carboxylic acids is 1. The molecule has 1 aromatic heterocycles. The Hall–Kier alpha value is -3.90. The zero-order valence-electron chi connectivity index (χ0n) is 20.5. The van der Waals surface area contributed by atoms with Crippen molar-refractivity contribution in [1.29, 1.82) is 0 Å². The van der Waals surface area contributed by atoms with Crippen molar-refractivity contribution in [1.82, 2.24) is 4.90 Å². The van der Waals surface area contributed by atoms with Crippen LogP contribution < -0.4 is 10.2 Å². The van der Waals surface area contributed by atoms with Crippen molar-refractivity contribution in [3.8, 4) is 5.75 Å². The highest BCUT2D eigenvalue weighted by molar-refractivity contribution is 5.99. The van der Waals surface area contributed by atoms with Gasteiger partial charge < -0.3 is 18.8 Å². The minimum Gasteiger partial charge on any atom is -0.489 e. The van der Waals surface area contributed by atoms with Crippen LogP contribution in [0.3, 0.4) is 0 Å². The van der Waals surface area contributed by atoms with E-state index in [2.05, 4.69) is 0 Å². The van der Waals surface area contributed by atoms with Gasteiger partial charge in [-0.05, 0) is 55.7 Å². The number of para-hydroxylation sites is 1. The zero-order chi connectivity index (χ0) is 25.1. The normalized spacial score (nSPS) is 15.0. The van der Waals surface area contributed by atoms with Gasteiger partial charge in [0.05, 0.1) is 23.1 Å². The number of carbonyl (C=O) groups is 1. The van der Waals surface area contributed by atoms with Gasteiger partial charge >= 0.3 is 0 Å². The van der Waals surface area contributed by atoms with E-state index in [9.17, 15) is 9.59 Å². The molecule has 4 aromatic rings. The molecule has 0 fully saturated rings. The van der Waals surface area contributed by atoms with E-state index in [0.717, 1.165) is 16.9 Å². The molecule has 1 atom stereocenters. The zero-order valence-corrected chi connectivity index (χ0v) is 20.5. The first-order chi connectivity index (χ1) is 17.5. The summed E-state index contributed by atoms with van der Waals surface area (Å²) in [6, 6.07) is 24.1. The molecule has 0 aliphatic carbocycles. The highest BCUT2D eigenvalue weighted by atomic mass is 16.5. The van der Waals surface area contributed by atoms with Gasteiger partial charge in [-0.15, -0.1) is 0 Å². The van der Waals surface area contributed by atoms with Crippen LogP contribution in [-0.4, -0.2) is 30.1 Å². The van der Waals surface area contributed by atoms with Crippen LogP contribution in [0.1, 0.15) is 53.6 Å². The molecular weight excluding hydrogens is 454 g/mol. The van der Waals surface area contributed by atoms with Gasteiger partial charge in [0.15, 0.2) is 5.43 Å². The van der Waals surface area contributed by atoms with Crippen LogP contribution in [0.4, 0.5) is 0 Å². The topological polar surface area (TPSA) is 69.0 Å². The van der Waals surface area contributed by atoms with Crippen LogP contribution >= 0.6 is 0 Å². The van der Waals surface area contributed by atoms with Crippen molar-refractivity contribution in [2.24, 2.45) is 0 Å². The fourth-order valence-corrected chi connectivity index (χ4v) is 4.59. The number of benzene rings is 3. The van der Waals surface area contributed by atoms with Gasteiger partial charge in [0.1, 0.15) is 17.9 Å². The maximum Gasteiger partial charge on any atom is 0.290 e. The van der Waals surface area contributed by atoms with Gasteiger partial charge in [0, 0.05) is 13.2 Å². The van der Waals surface area contributed by atoms with Crippen LogP contribution in [0.5, 0.6) is 5.75 Å². The average Bonchev–Trinajstić information content (AvgIpc) is 3.18. The second-order valence-corrected chi connectivity index (χ2v) is 9.19.